The molecular formula is C27H24N4O. The van der Waals surface area contributed by atoms with E-state index in [1.165, 1.54) is 5.56 Å². The molecule has 32 heavy (non-hydrogen) atoms. The van der Waals surface area contributed by atoms with Crippen LogP contribution in [-0.2, 0) is 13.0 Å². The van der Waals surface area contributed by atoms with Gasteiger partial charge in [-0.05, 0) is 30.2 Å². The number of aromatic nitrogens is 1. The highest BCUT2D eigenvalue weighted by Gasteiger charge is 2.34. The number of nitriles is 1. The van der Waals surface area contributed by atoms with Crippen LogP contribution in [0.5, 0.6) is 0 Å². The Bertz CT molecular complexity index is 1300. The number of para-hydroxylation sites is 2. The van der Waals surface area contributed by atoms with Gasteiger partial charge in [0.05, 0.1) is 18.1 Å². The minimum absolute atomic E-state index is 0.0362. The molecule has 1 aliphatic heterocycles. The van der Waals surface area contributed by atoms with Crippen molar-refractivity contribution < 1.29 is 4.79 Å². The van der Waals surface area contributed by atoms with Crippen LogP contribution >= 0.6 is 0 Å². The molecule has 1 aliphatic rings. The van der Waals surface area contributed by atoms with Gasteiger partial charge >= 0.3 is 0 Å². The molecule has 0 bridgehead atoms. The maximum absolute atomic E-state index is 13.6. The number of benzene rings is 3. The van der Waals surface area contributed by atoms with Crippen LogP contribution in [0.15, 0.2) is 85.1 Å². The number of hydrogen-bond acceptors (Lipinski definition) is 3. The molecule has 0 saturated heterocycles. The van der Waals surface area contributed by atoms with Crippen molar-refractivity contribution in [3.63, 3.8) is 0 Å². The Labute approximate surface area is 187 Å². The van der Waals surface area contributed by atoms with Crippen LogP contribution < -0.4 is 5.32 Å². The minimum Gasteiger partial charge on any atom is -0.361 e. The second-order valence-corrected chi connectivity index (χ2v) is 8.03. The Hall–Kier alpha value is -4.04. The van der Waals surface area contributed by atoms with Gasteiger partial charge in [-0.2, -0.15) is 5.26 Å². The van der Waals surface area contributed by atoms with E-state index in [-0.39, 0.29) is 12.1 Å². The number of rotatable bonds is 6. The fourth-order valence-electron chi connectivity index (χ4n) is 4.51. The van der Waals surface area contributed by atoms with Gasteiger partial charge in [-0.15, -0.1) is 0 Å². The zero-order chi connectivity index (χ0) is 21.9. The van der Waals surface area contributed by atoms with Gasteiger partial charge in [0.15, 0.2) is 0 Å². The molecule has 1 aromatic heterocycles. The maximum atomic E-state index is 13.6. The average Bonchev–Trinajstić information content (AvgIpc) is 3.21. The number of amides is 1. The van der Waals surface area contributed by atoms with Gasteiger partial charge in [-0.1, -0.05) is 60.7 Å². The summed E-state index contributed by atoms with van der Waals surface area (Å²) < 4.78 is 2.12. The molecule has 0 radical (unpaired) electrons. The van der Waals surface area contributed by atoms with Crippen molar-refractivity contribution in [3.8, 4) is 6.07 Å². The third kappa shape index (κ3) is 3.61. The molecular weight excluding hydrogens is 396 g/mol. The molecule has 2 heterocycles. The average molecular weight is 421 g/mol. The predicted molar refractivity (Wildman–Crippen MR) is 126 cm³/mol. The molecule has 158 valence electrons. The highest BCUT2D eigenvalue weighted by molar-refractivity contribution is 6.02. The summed E-state index contributed by atoms with van der Waals surface area (Å²) in [6.45, 7) is 1.23. The Morgan fingerprint density at radius 2 is 1.66 bits per heavy atom. The van der Waals surface area contributed by atoms with Gasteiger partial charge in [0.1, 0.15) is 6.17 Å². The monoisotopic (exact) mass is 420 g/mol. The summed E-state index contributed by atoms with van der Waals surface area (Å²) in [6, 6.07) is 28.4. The number of nitrogens with one attached hydrogen (secondary N) is 1. The second kappa shape index (κ2) is 8.60. The van der Waals surface area contributed by atoms with E-state index in [1.54, 1.807) is 0 Å². The van der Waals surface area contributed by atoms with E-state index in [2.05, 4.69) is 46.4 Å². The number of carbonyl (C=O) groups is 1. The molecule has 0 spiro atoms. The van der Waals surface area contributed by atoms with Crippen molar-refractivity contribution in [2.45, 2.75) is 25.6 Å². The van der Waals surface area contributed by atoms with Crippen molar-refractivity contribution in [2.75, 3.05) is 11.9 Å². The van der Waals surface area contributed by atoms with Crippen molar-refractivity contribution in [3.05, 3.63) is 102 Å². The Kier molecular flexibility index (Phi) is 5.35. The van der Waals surface area contributed by atoms with Gasteiger partial charge < -0.3 is 14.8 Å². The van der Waals surface area contributed by atoms with Crippen molar-refractivity contribution >= 4 is 22.5 Å². The Balaban J connectivity index is 1.57. The van der Waals surface area contributed by atoms with E-state index in [0.717, 1.165) is 28.6 Å². The first kappa shape index (κ1) is 19.9. The van der Waals surface area contributed by atoms with E-state index in [4.69, 9.17) is 5.26 Å². The van der Waals surface area contributed by atoms with Crippen molar-refractivity contribution in [1.82, 2.24) is 9.47 Å². The number of fused-ring (bicyclic) bond motifs is 2. The third-order valence-electron chi connectivity index (χ3n) is 6.08. The normalized spacial score (nSPS) is 15.3. The lowest BCUT2D eigenvalue weighted by atomic mass is 10.0. The molecule has 1 N–H and O–H groups in total. The van der Waals surface area contributed by atoms with Crippen LogP contribution in [0.2, 0.25) is 0 Å². The van der Waals surface area contributed by atoms with E-state index in [0.29, 0.717) is 25.1 Å². The molecule has 0 unspecified atom stereocenters. The summed E-state index contributed by atoms with van der Waals surface area (Å²) in [5.41, 5.74) is 4.88. The molecule has 1 amide bonds. The fourth-order valence-corrected chi connectivity index (χ4v) is 4.51. The van der Waals surface area contributed by atoms with Crippen LogP contribution in [-0.4, -0.2) is 21.9 Å². The predicted octanol–water partition coefficient (Wildman–Crippen LogP) is 5.36. The first-order chi connectivity index (χ1) is 15.8. The Morgan fingerprint density at radius 3 is 2.50 bits per heavy atom. The first-order valence-corrected chi connectivity index (χ1v) is 10.9. The van der Waals surface area contributed by atoms with Gasteiger partial charge in [-0.3, -0.25) is 4.79 Å². The molecule has 5 rings (SSSR count). The summed E-state index contributed by atoms with van der Waals surface area (Å²) in [7, 11) is 0. The molecule has 1 atom stereocenters. The van der Waals surface area contributed by atoms with E-state index < -0.39 is 0 Å². The molecule has 0 aliphatic carbocycles. The maximum Gasteiger partial charge on any atom is 0.257 e. The first-order valence-electron chi connectivity index (χ1n) is 10.9. The molecule has 5 heteroatoms. The standard InChI is InChI=1S/C27H24N4O/c28-16-8-17-30-19-23(21-11-5-7-14-25(21)30)26-29-24-13-6-4-12-22(24)27(32)31(26)18-15-20-9-2-1-3-10-20/h1-7,9-14,19,26,29H,8,15,17-18H2/t26-/m1/s1. The van der Waals surface area contributed by atoms with E-state index >= 15 is 0 Å². The summed E-state index contributed by atoms with van der Waals surface area (Å²) >= 11 is 0. The van der Waals surface area contributed by atoms with Gasteiger partial charge in [-0.25, -0.2) is 0 Å². The molecule has 3 aromatic carbocycles. The van der Waals surface area contributed by atoms with Crippen molar-refractivity contribution in [2.24, 2.45) is 0 Å². The van der Waals surface area contributed by atoms with Gasteiger partial charge in [0.25, 0.3) is 5.91 Å². The van der Waals surface area contributed by atoms with Crippen LogP contribution in [0, 0.1) is 11.3 Å². The molecule has 4 aromatic rings. The van der Waals surface area contributed by atoms with Gasteiger partial charge in [0.2, 0.25) is 0 Å². The molecule has 5 nitrogen and oxygen atoms in total. The number of hydrogen-bond donors (Lipinski definition) is 1. The van der Waals surface area contributed by atoms with Crippen LogP contribution in [0.3, 0.4) is 0 Å². The second-order valence-electron chi connectivity index (χ2n) is 8.03. The molecule has 0 fully saturated rings. The topological polar surface area (TPSA) is 61.1 Å². The lowest BCUT2D eigenvalue weighted by Gasteiger charge is -2.38. The van der Waals surface area contributed by atoms with Crippen LogP contribution in [0.1, 0.15) is 34.1 Å². The smallest absolute Gasteiger partial charge is 0.257 e. The highest BCUT2D eigenvalue weighted by Crippen LogP contribution is 2.37. The fraction of sp³-hybridized carbons (Fsp3) is 0.185. The van der Waals surface area contributed by atoms with Crippen LogP contribution in [0.25, 0.3) is 10.9 Å². The van der Waals surface area contributed by atoms with E-state index in [9.17, 15) is 4.79 Å². The SMILES string of the molecule is N#CCCn1cc([C@@H]2Nc3ccccc3C(=O)N2CCc2ccccc2)c2ccccc21. The van der Waals surface area contributed by atoms with Crippen LogP contribution in [0.4, 0.5) is 5.69 Å². The van der Waals surface area contributed by atoms with Gasteiger partial charge in [0, 0.05) is 41.4 Å². The minimum atomic E-state index is -0.283. The molecule has 0 saturated carbocycles. The summed E-state index contributed by atoms with van der Waals surface area (Å²) in [6.07, 6.45) is 3.03. The largest absolute Gasteiger partial charge is 0.361 e. The summed E-state index contributed by atoms with van der Waals surface area (Å²) in [5.74, 6) is 0.0362. The zero-order valence-corrected chi connectivity index (χ0v) is 17.7. The van der Waals surface area contributed by atoms with Crippen molar-refractivity contribution in [1.29, 1.82) is 5.26 Å². The summed E-state index contributed by atoms with van der Waals surface area (Å²) in [4.78, 5) is 15.5. The highest BCUT2D eigenvalue weighted by atomic mass is 16.2. The number of aryl methyl sites for hydroxylation is 1. The third-order valence-corrected chi connectivity index (χ3v) is 6.08. The number of nitrogens with zero attached hydrogens (tertiary/aromatic N) is 3. The number of anilines is 1. The lowest BCUT2D eigenvalue weighted by molar-refractivity contribution is 0.0686. The number of carbonyl (C=O) groups excluding carboxylic acids is 1. The van der Waals surface area contributed by atoms with E-state index in [1.807, 2.05) is 59.5 Å². The quantitative estimate of drug-likeness (QED) is 0.456. The lowest BCUT2D eigenvalue weighted by Crippen LogP contribution is -2.43. The summed E-state index contributed by atoms with van der Waals surface area (Å²) in [5, 5.41) is 13.8. The Morgan fingerprint density at radius 1 is 0.906 bits per heavy atom. The zero-order valence-electron chi connectivity index (χ0n) is 17.7.